The van der Waals surface area contributed by atoms with Gasteiger partial charge in [-0.3, -0.25) is 0 Å². The molecule has 2 aromatic rings. The summed E-state index contributed by atoms with van der Waals surface area (Å²) in [5, 5.41) is 0. The topological polar surface area (TPSA) is 0 Å². The Hall–Kier alpha value is -1.82. The Morgan fingerprint density at radius 2 is 1.67 bits per heavy atom. The largest absolute Gasteiger partial charge is 0.0613 e. The van der Waals surface area contributed by atoms with Crippen molar-refractivity contribution >= 4 is 6.08 Å². The zero-order valence-corrected chi connectivity index (χ0v) is 13.5. The van der Waals surface area contributed by atoms with E-state index in [4.69, 9.17) is 0 Å². The molecule has 0 amide bonds. The van der Waals surface area contributed by atoms with Gasteiger partial charge in [-0.15, -0.1) is 0 Å². The molecule has 0 fully saturated rings. The molecule has 0 aliphatic heterocycles. The summed E-state index contributed by atoms with van der Waals surface area (Å²) in [5.74, 6) is 0. The number of allylic oxidation sites excluding steroid dienone is 1. The highest BCUT2D eigenvalue weighted by molar-refractivity contribution is 5.81. The van der Waals surface area contributed by atoms with Crippen molar-refractivity contribution in [1.82, 2.24) is 0 Å². The third kappa shape index (κ3) is 2.68. The van der Waals surface area contributed by atoms with Gasteiger partial charge in [-0.1, -0.05) is 81.8 Å². The van der Waals surface area contributed by atoms with Gasteiger partial charge in [0.1, 0.15) is 0 Å². The molecular weight excluding hydrogens is 252 g/mol. The van der Waals surface area contributed by atoms with Crippen molar-refractivity contribution in [2.45, 2.75) is 40.5 Å². The fourth-order valence-corrected chi connectivity index (χ4v) is 3.02. The summed E-state index contributed by atoms with van der Waals surface area (Å²) in [6.07, 6.45) is 4.61. The molecule has 0 saturated heterocycles. The van der Waals surface area contributed by atoms with Crippen molar-refractivity contribution in [1.29, 1.82) is 0 Å². The second kappa shape index (κ2) is 5.18. The molecule has 3 rings (SSSR count). The molecule has 108 valence electrons. The zero-order valence-electron chi connectivity index (χ0n) is 13.5. The van der Waals surface area contributed by atoms with E-state index < -0.39 is 0 Å². The molecular formula is C21H24. The van der Waals surface area contributed by atoms with Crippen LogP contribution in [0.2, 0.25) is 0 Å². The van der Waals surface area contributed by atoms with Crippen LogP contribution in [0.25, 0.3) is 17.2 Å². The molecule has 2 aromatic carbocycles. The van der Waals surface area contributed by atoms with E-state index in [1.54, 1.807) is 0 Å². The molecule has 0 heteroatoms. The van der Waals surface area contributed by atoms with Crippen LogP contribution in [-0.2, 0) is 12.8 Å². The Morgan fingerprint density at radius 1 is 0.952 bits per heavy atom. The van der Waals surface area contributed by atoms with Crippen molar-refractivity contribution in [2.24, 2.45) is 5.41 Å². The Kier molecular flexibility index (Phi) is 3.49. The first-order chi connectivity index (χ1) is 9.99. The maximum Gasteiger partial charge on any atom is -0.00523 e. The molecule has 0 radical (unpaired) electrons. The highest BCUT2D eigenvalue weighted by Crippen LogP contribution is 2.40. The summed E-state index contributed by atoms with van der Waals surface area (Å²) in [6, 6.07) is 15.7. The summed E-state index contributed by atoms with van der Waals surface area (Å²) < 4.78 is 0. The van der Waals surface area contributed by atoms with Crippen LogP contribution in [0.4, 0.5) is 0 Å². The molecule has 0 heterocycles. The van der Waals surface area contributed by atoms with E-state index in [-0.39, 0.29) is 5.41 Å². The van der Waals surface area contributed by atoms with Gasteiger partial charge in [-0.05, 0) is 46.1 Å². The quantitative estimate of drug-likeness (QED) is 0.640. The van der Waals surface area contributed by atoms with Crippen LogP contribution < -0.4 is 0 Å². The number of aryl methyl sites for hydroxylation is 1. The van der Waals surface area contributed by atoms with Crippen LogP contribution >= 0.6 is 0 Å². The molecule has 1 aliphatic carbocycles. The summed E-state index contributed by atoms with van der Waals surface area (Å²) in [4.78, 5) is 0. The maximum absolute atomic E-state index is 2.42. The Balaban J connectivity index is 2.06. The van der Waals surface area contributed by atoms with Crippen molar-refractivity contribution in [2.75, 3.05) is 0 Å². The monoisotopic (exact) mass is 276 g/mol. The smallest absolute Gasteiger partial charge is 0.00523 e. The van der Waals surface area contributed by atoms with Gasteiger partial charge in [0.2, 0.25) is 0 Å². The molecule has 0 saturated carbocycles. The lowest BCUT2D eigenvalue weighted by molar-refractivity contribution is 0.498. The van der Waals surface area contributed by atoms with E-state index in [1.807, 2.05) is 0 Å². The van der Waals surface area contributed by atoms with E-state index in [0.29, 0.717) is 0 Å². The third-order valence-electron chi connectivity index (χ3n) is 4.53. The minimum Gasteiger partial charge on any atom is -0.0613 e. The predicted molar refractivity (Wildman–Crippen MR) is 92.4 cm³/mol. The van der Waals surface area contributed by atoms with Crippen LogP contribution in [0.3, 0.4) is 0 Å². The Bertz CT molecular complexity index is 679. The van der Waals surface area contributed by atoms with Crippen LogP contribution in [0, 0.1) is 5.41 Å². The first kappa shape index (κ1) is 14.1. The van der Waals surface area contributed by atoms with Gasteiger partial charge in [0.25, 0.3) is 0 Å². The van der Waals surface area contributed by atoms with Crippen LogP contribution in [0.1, 0.15) is 44.4 Å². The minimum atomic E-state index is 0.252. The molecule has 1 aliphatic rings. The lowest BCUT2D eigenvalue weighted by Crippen LogP contribution is -2.08. The summed E-state index contributed by atoms with van der Waals surface area (Å²) in [7, 11) is 0. The molecule has 21 heavy (non-hydrogen) atoms. The lowest BCUT2D eigenvalue weighted by atomic mass is 9.85. The highest BCUT2D eigenvalue weighted by Gasteiger charge is 2.24. The van der Waals surface area contributed by atoms with Gasteiger partial charge >= 0.3 is 0 Å². The second-order valence-electron chi connectivity index (χ2n) is 7.03. The fourth-order valence-electron chi connectivity index (χ4n) is 3.02. The van der Waals surface area contributed by atoms with Gasteiger partial charge in [0.15, 0.2) is 0 Å². The van der Waals surface area contributed by atoms with E-state index in [9.17, 15) is 0 Å². The first-order valence-corrected chi connectivity index (χ1v) is 7.91. The summed E-state index contributed by atoms with van der Waals surface area (Å²) in [6.45, 7) is 9.12. The average Bonchev–Trinajstić information content (AvgIpc) is 2.91. The number of benzene rings is 2. The molecule has 0 bridgehead atoms. The van der Waals surface area contributed by atoms with E-state index in [0.717, 1.165) is 12.8 Å². The zero-order chi connectivity index (χ0) is 15.0. The van der Waals surface area contributed by atoms with Gasteiger partial charge in [-0.2, -0.15) is 0 Å². The molecule has 0 unspecified atom stereocenters. The van der Waals surface area contributed by atoms with Crippen LogP contribution in [0.15, 0.2) is 48.0 Å². The SMILES string of the molecule is CCc1ccc(-c2cccc3c2C=C(C(C)(C)C)C3)cc1. The van der Waals surface area contributed by atoms with Gasteiger partial charge in [0.05, 0.1) is 0 Å². The summed E-state index contributed by atoms with van der Waals surface area (Å²) >= 11 is 0. The van der Waals surface area contributed by atoms with Gasteiger partial charge in [0, 0.05) is 0 Å². The Labute approximate surface area is 128 Å². The van der Waals surface area contributed by atoms with Crippen molar-refractivity contribution in [3.63, 3.8) is 0 Å². The fraction of sp³-hybridized carbons (Fsp3) is 0.333. The third-order valence-corrected chi connectivity index (χ3v) is 4.53. The lowest BCUT2D eigenvalue weighted by Gasteiger charge is -2.19. The predicted octanol–water partition coefficient (Wildman–Crippen LogP) is 5.90. The summed E-state index contributed by atoms with van der Waals surface area (Å²) in [5.41, 5.74) is 8.78. The Morgan fingerprint density at radius 3 is 2.29 bits per heavy atom. The second-order valence-corrected chi connectivity index (χ2v) is 7.03. The van der Waals surface area contributed by atoms with Crippen molar-refractivity contribution in [3.8, 4) is 11.1 Å². The van der Waals surface area contributed by atoms with Crippen LogP contribution in [-0.4, -0.2) is 0 Å². The first-order valence-electron chi connectivity index (χ1n) is 7.91. The van der Waals surface area contributed by atoms with E-state index >= 15 is 0 Å². The van der Waals surface area contributed by atoms with E-state index in [1.165, 1.54) is 33.4 Å². The minimum absolute atomic E-state index is 0.252. The number of hydrogen-bond donors (Lipinski definition) is 0. The molecule has 0 aromatic heterocycles. The van der Waals surface area contributed by atoms with Gasteiger partial charge < -0.3 is 0 Å². The molecule has 0 N–H and O–H groups in total. The molecule has 0 atom stereocenters. The van der Waals surface area contributed by atoms with Crippen molar-refractivity contribution in [3.05, 3.63) is 64.7 Å². The van der Waals surface area contributed by atoms with Crippen molar-refractivity contribution < 1.29 is 0 Å². The van der Waals surface area contributed by atoms with Crippen LogP contribution in [0.5, 0.6) is 0 Å². The number of fused-ring (bicyclic) bond motifs is 1. The highest BCUT2D eigenvalue weighted by atomic mass is 14.3. The van der Waals surface area contributed by atoms with Gasteiger partial charge in [-0.25, -0.2) is 0 Å². The number of rotatable bonds is 2. The maximum atomic E-state index is 2.42. The number of hydrogen-bond acceptors (Lipinski definition) is 0. The molecule has 0 spiro atoms. The average molecular weight is 276 g/mol. The molecule has 0 nitrogen and oxygen atoms in total. The standard InChI is InChI=1S/C21H24/c1-5-15-9-11-16(12-10-15)19-8-6-7-17-13-18(14-20(17)19)21(2,3)4/h6-12,14H,5,13H2,1-4H3. The van der Waals surface area contributed by atoms with E-state index in [2.05, 4.69) is 76.2 Å². The normalized spacial score (nSPS) is 14.0.